The summed E-state index contributed by atoms with van der Waals surface area (Å²) in [5.74, 6) is 2.24. The van der Waals surface area contributed by atoms with E-state index >= 15 is 0 Å². The zero-order chi connectivity index (χ0) is 13.2. The van der Waals surface area contributed by atoms with Crippen molar-refractivity contribution < 1.29 is 9.90 Å². The quantitative estimate of drug-likeness (QED) is 0.651. The summed E-state index contributed by atoms with van der Waals surface area (Å²) in [6.07, 6.45) is 4.41. The predicted molar refractivity (Wildman–Crippen MR) is 76.9 cm³/mol. The number of hydrogen-bond acceptors (Lipinski definition) is 4. The number of piperidine rings is 1. The minimum Gasteiger partial charge on any atom is -0.396 e. The first-order valence-electron chi connectivity index (χ1n) is 6.96. The molecule has 0 bridgehead atoms. The Morgan fingerprint density at radius 3 is 2.72 bits per heavy atom. The number of nitrogens with one attached hydrogen (secondary N) is 1. The molecule has 5 heteroatoms. The fourth-order valence-electron chi connectivity index (χ4n) is 2.09. The standard InChI is InChI=1S/C13H26N2O2S/c1-12(14-6-11-18-10-5-9-16)13(17)15-7-3-2-4-8-15/h12,14,16H,2-11H2,1H3. The van der Waals surface area contributed by atoms with E-state index in [9.17, 15) is 4.79 Å². The van der Waals surface area contributed by atoms with Crippen molar-refractivity contribution in [1.82, 2.24) is 10.2 Å². The number of aliphatic hydroxyl groups excluding tert-OH is 1. The van der Waals surface area contributed by atoms with Crippen molar-refractivity contribution in [2.24, 2.45) is 0 Å². The number of amides is 1. The van der Waals surface area contributed by atoms with E-state index in [2.05, 4.69) is 5.32 Å². The number of carbonyl (C=O) groups excluding carboxylic acids is 1. The summed E-state index contributed by atoms with van der Waals surface area (Å²) in [6, 6.07) is -0.0680. The molecule has 1 heterocycles. The number of carbonyl (C=O) groups is 1. The molecule has 1 amide bonds. The maximum atomic E-state index is 12.1. The van der Waals surface area contributed by atoms with Crippen LogP contribution in [-0.2, 0) is 4.79 Å². The van der Waals surface area contributed by atoms with Gasteiger partial charge in [0.25, 0.3) is 0 Å². The van der Waals surface area contributed by atoms with Gasteiger partial charge in [0.1, 0.15) is 0 Å². The van der Waals surface area contributed by atoms with Gasteiger partial charge in [-0.3, -0.25) is 4.79 Å². The van der Waals surface area contributed by atoms with Crippen molar-refractivity contribution >= 4 is 17.7 Å². The lowest BCUT2D eigenvalue weighted by Crippen LogP contribution is -2.47. The van der Waals surface area contributed by atoms with Crippen molar-refractivity contribution in [3.05, 3.63) is 0 Å². The van der Waals surface area contributed by atoms with Gasteiger partial charge in [0.2, 0.25) is 5.91 Å². The van der Waals surface area contributed by atoms with Crippen LogP contribution < -0.4 is 5.32 Å². The molecule has 2 N–H and O–H groups in total. The third kappa shape index (κ3) is 6.07. The molecule has 18 heavy (non-hydrogen) atoms. The van der Waals surface area contributed by atoms with Gasteiger partial charge in [-0.05, 0) is 38.4 Å². The Kier molecular flexibility index (Phi) is 8.46. The van der Waals surface area contributed by atoms with Crippen LogP contribution in [0.25, 0.3) is 0 Å². The second-order valence-corrected chi connectivity index (χ2v) is 5.98. The van der Waals surface area contributed by atoms with E-state index in [1.54, 1.807) is 0 Å². The molecule has 0 radical (unpaired) electrons. The molecule has 106 valence electrons. The summed E-state index contributed by atoms with van der Waals surface area (Å²) in [5, 5.41) is 11.9. The van der Waals surface area contributed by atoms with Crippen LogP contribution in [0.5, 0.6) is 0 Å². The predicted octanol–water partition coefficient (Wildman–Crippen LogP) is 1.09. The summed E-state index contributed by atoms with van der Waals surface area (Å²) in [6.45, 7) is 4.93. The number of thioether (sulfide) groups is 1. The Morgan fingerprint density at radius 2 is 2.06 bits per heavy atom. The number of likely N-dealkylation sites (tertiary alicyclic amines) is 1. The van der Waals surface area contributed by atoms with Crippen molar-refractivity contribution in [1.29, 1.82) is 0 Å². The van der Waals surface area contributed by atoms with Gasteiger partial charge in [-0.15, -0.1) is 0 Å². The van der Waals surface area contributed by atoms with E-state index in [1.165, 1.54) is 6.42 Å². The minimum absolute atomic E-state index is 0.0680. The third-order valence-electron chi connectivity index (χ3n) is 3.18. The number of nitrogens with zero attached hydrogens (tertiary/aromatic N) is 1. The maximum Gasteiger partial charge on any atom is 0.239 e. The summed E-state index contributed by atoms with van der Waals surface area (Å²) >= 11 is 1.82. The Labute approximate surface area is 115 Å². The van der Waals surface area contributed by atoms with E-state index in [0.717, 1.165) is 50.4 Å². The molecule has 1 aliphatic rings. The maximum absolute atomic E-state index is 12.1. The molecule has 1 fully saturated rings. The van der Waals surface area contributed by atoms with Crippen molar-refractivity contribution in [2.45, 2.75) is 38.6 Å². The third-order valence-corrected chi connectivity index (χ3v) is 4.25. The number of hydrogen-bond donors (Lipinski definition) is 2. The first kappa shape index (κ1) is 15.8. The normalized spacial score (nSPS) is 17.8. The summed E-state index contributed by atoms with van der Waals surface area (Å²) in [4.78, 5) is 14.1. The lowest BCUT2D eigenvalue weighted by Gasteiger charge is -2.29. The molecule has 1 rings (SSSR count). The second kappa shape index (κ2) is 9.64. The average molecular weight is 274 g/mol. The number of aliphatic hydroxyl groups is 1. The molecule has 4 nitrogen and oxygen atoms in total. The van der Waals surface area contributed by atoms with E-state index in [4.69, 9.17) is 5.11 Å². The summed E-state index contributed by atoms with van der Waals surface area (Å²) in [5.41, 5.74) is 0. The molecule has 0 aromatic carbocycles. The lowest BCUT2D eigenvalue weighted by molar-refractivity contribution is -0.133. The van der Waals surface area contributed by atoms with Crippen LogP contribution >= 0.6 is 11.8 Å². The smallest absolute Gasteiger partial charge is 0.239 e. The Balaban J connectivity index is 2.07. The van der Waals surface area contributed by atoms with Crippen LogP contribution in [0.4, 0.5) is 0 Å². The molecular weight excluding hydrogens is 248 g/mol. The van der Waals surface area contributed by atoms with E-state index in [1.807, 2.05) is 23.6 Å². The highest BCUT2D eigenvalue weighted by Crippen LogP contribution is 2.10. The average Bonchev–Trinajstić information content (AvgIpc) is 2.42. The summed E-state index contributed by atoms with van der Waals surface area (Å²) < 4.78 is 0. The Bertz CT molecular complexity index is 233. The van der Waals surface area contributed by atoms with Gasteiger partial charge in [0.15, 0.2) is 0 Å². The molecule has 1 saturated heterocycles. The van der Waals surface area contributed by atoms with E-state index < -0.39 is 0 Å². The van der Waals surface area contributed by atoms with Gasteiger partial charge < -0.3 is 15.3 Å². The van der Waals surface area contributed by atoms with Crippen LogP contribution in [-0.4, -0.2) is 59.7 Å². The van der Waals surface area contributed by atoms with Crippen LogP contribution in [0.3, 0.4) is 0 Å². The van der Waals surface area contributed by atoms with Gasteiger partial charge >= 0.3 is 0 Å². The topological polar surface area (TPSA) is 52.6 Å². The zero-order valence-electron chi connectivity index (χ0n) is 11.4. The first-order valence-corrected chi connectivity index (χ1v) is 8.12. The highest BCUT2D eigenvalue weighted by Gasteiger charge is 2.21. The van der Waals surface area contributed by atoms with Crippen molar-refractivity contribution in [3.63, 3.8) is 0 Å². The zero-order valence-corrected chi connectivity index (χ0v) is 12.2. The lowest BCUT2D eigenvalue weighted by atomic mass is 10.1. The van der Waals surface area contributed by atoms with Crippen LogP contribution in [0.2, 0.25) is 0 Å². The van der Waals surface area contributed by atoms with Crippen LogP contribution in [0.15, 0.2) is 0 Å². The summed E-state index contributed by atoms with van der Waals surface area (Å²) in [7, 11) is 0. The molecule has 0 aromatic heterocycles. The first-order chi connectivity index (χ1) is 8.75. The largest absolute Gasteiger partial charge is 0.396 e. The van der Waals surface area contributed by atoms with Crippen molar-refractivity contribution in [3.8, 4) is 0 Å². The molecule has 1 aliphatic heterocycles. The highest BCUT2D eigenvalue weighted by atomic mass is 32.2. The fraction of sp³-hybridized carbons (Fsp3) is 0.923. The molecule has 1 unspecified atom stereocenters. The SMILES string of the molecule is CC(NCCSCCCO)C(=O)N1CCCCC1. The van der Waals surface area contributed by atoms with Crippen molar-refractivity contribution in [2.75, 3.05) is 37.7 Å². The fourth-order valence-corrected chi connectivity index (χ4v) is 2.89. The molecular formula is C13H26N2O2S. The van der Waals surface area contributed by atoms with Crippen LogP contribution in [0, 0.1) is 0 Å². The molecule has 0 aliphatic carbocycles. The minimum atomic E-state index is -0.0680. The van der Waals surface area contributed by atoms with Gasteiger partial charge in [0.05, 0.1) is 6.04 Å². The van der Waals surface area contributed by atoms with Gasteiger partial charge in [-0.25, -0.2) is 0 Å². The molecule has 0 spiro atoms. The highest BCUT2D eigenvalue weighted by molar-refractivity contribution is 7.99. The van der Waals surface area contributed by atoms with Crippen LogP contribution in [0.1, 0.15) is 32.6 Å². The molecule has 0 saturated carbocycles. The van der Waals surface area contributed by atoms with Gasteiger partial charge in [-0.2, -0.15) is 11.8 Å². The monoisotopic (exact) mass is 274 g/mol. The molecule has 0 aromatic rings. The van der Waals surface area contributed by atoms with E-state index in [0.29, 0.717) is 0 Å². The van der Waals surface area contributed by atoms with E-state index in [-0.39, 0.29) is 18.6 Å². The Hall–Kier alpha value is -0.260. The van der Waals surface area contributed by atoms with Gasteiger partial charge in [0, 0.05) is 32.0 Å². The molecule has 1 atom stereocenters. The Morgan fingerprint density at radius 1 is 1.33 bits per heavy atom. The van der Waals surface area contributed by atoms with Gasteiger partial charge in [-0.1, -0.05) is 0 Å². The second-order valence-electron chi connectivity index (χ2n) is 4.75. The number of rotatable bonds is 8.